The van der Waals surface area contributed by atoms with E-state index in [9.17, 15) is 31.1 Å². The summed E-state index contributed by atoms with van der Waals surface area (Å²) in [5.41, 5.74) is -1.22. The molecule has 0 radical (unpaired) electrons. The van der Waals surface area contributed by atoms with Crippen LogP contribution >= 0.6 is 0 Å². The smallest absolute Gasteiger partial charge is 0.294 e. The Hall–Kier alpha value is -1.53. The van der Waals surface area contributed by atoms with E-state index in [1.807, 2.05) is 0 Å². The van der Waals surface area contributed by atoms with Gasteiger partial charge in [-0.3, -0.25) is 4.79 Å². The zero-order valence-electron chi connectivity index (χ0n) is 9.61. The Balaban J connectivity index is 2.68. The van der Waals surface area contributed by atoms with E-state index in [2.05, 4.69) is 0 Å². The summed E-state index contributed by atoms with van der Waals surface area (Å²) in [5.74, 6) is -0.727. The van der Waals surface area contributed by atoms with Gasteiger partial charge in [-0.15, -0.1) is 0 Å². The minimum atomic E-state index is -4.58. The van der Waals surface area contributed by atoms with E-state index in [0.29, 0.717) is 6.07 Å². The van der Waals surface area contributed by atoms with Crippen LogP contribution in [0.15, 0.2) is 24.3 Å². The molecule has 0 amide bonds. The first-order valence-electron chi connectivity index (χ1n) is 5.37. The fourth-order valence-electron chi connectivity index (χ4n) is 1.46. The molecular weight excluding hydrogens is 274 g/mol. The molecule has 0 bridgehead atoms. The van der Waals surface area contributed by atoms with Gasteiger partial charge in [0, 0.05) is 18.4 Å². The van der Waals surface area contributed by atoms with Crippen molar-refractivity contribution in [1.82, 2.24) is 0 Å². The Kier molecular flexibility index (Phi) is 4.60. The Bertz CT molecular complexity index is 446. The highest BCUT2D eigenvalue weighted by Gasteiger charge is 2.31. The van der Waals surface area contributed by atoms with E-state index in [1.54, 1.807) is 0 Å². The van der Waals surface area contributed by atoms with E-state index in [-0.39, 0.29) is 5.56 Å². The van der Waals surface area contributed by atoms with Gasteiger partial charge in [0.2, 0.25) is 0 Å². The maximum atomic E-state index is 12.4. The van der Waals surface area contributed by atoms with Crippen LogP contribution in [0.1, 0.15) is 35.2 Å². The Morgan fingerprint density at radius 2 is 1.68 bits per heavy atom. The van der Waals surface area contributed by atoms with Crippen molar-refractivity contribution >= 4 is 5.78 Å². The van der Waals surface area contributed by atoms with Crippen LogP contribution < -0.4 is 0 Å². The first-order chi connectivity index (χ1) is 8.59. The van der Waals surface area contributed by atoms with Crippen molar-refractivity contribution in [1.29, 1.82) is 0 Å². The maximum absolute atomic E-state index is 12.4. The van der Waals surface area contributed by atoms with E-state index in [4.69, 9.17) is 0 Å². The van der Waals surface area contributed by atoms with Crippen LogP contribution in [-0.2, 0) is 6.18 Å². The molecule has 0 unspecified atom stereocenters. The fourth-order valence-corrected chi connectivity index (χ4v) is 1.46. The molecule has 7 heteroatoms. The van der Waals surface area contributed by atoms with Crippen molar-refractivity contribution in [3.8, 4) is 0 Å². The van der Waals surface area contributed by atoms with E-state index < -0.39 is 43.0 Å². The minimum absolute atomic E-state index is 0.225. The molecular formula is C12H10F6O. The average molecular weight is 284 g/mol. The molecule has 0 N–H and O–H groups in total. The zero-order valence-corrected chi connectivity index (χ0v) is 9.61. The number of alkyl halides is 6. The van der Waals surface area contributed by atoms with Gasteiger partial charge >= 0.3 is 12.4 Å². The lowest BCUT2D eigenvalue weighted by atomic mass is 10.0. The third-order valence-electron chi connectivity index (χ3n) is 2.38. The van der Waals surface area contributed by atoms with Crippen LogP contribution in [0.2, 0.25) is 0 Å². The molecule has 0 aliphatic heterocycles. The fraction of sp³-hybridized carbons (Fsp3) is 0.417. The van der Waals surface area contributed by atoms with Gasteiger partial charge in [0.1, 0.15) is 0 Å². The lowest BCUT2D eigenvalue weighted by molar-refractivity contribution is -0.137. The van der Waals surface area contributed by atoms with Crippen LogP contribution in [-0.4, -0.2) is 12.0 Å². The highest BCUT2D eigenvalue weighted by Crippen LogP contribution is 2.30. The van der Waals surface area contributed by atoms with Crippen molar-refractivity contribution < 1.29 is 31.1 Å². The maximum Gasteiger partial charge on any atom is 0.416 e. The van der Waals surface area contributed by atoms with Crippen LogP contribution in [0.5, 0.6) is 0 Å². The summed E-state index contributed by atoms with van der Waals surface area (Å²) >= 11 is 0. The summed E-state index contributed by atoms with van der Waals surface area (Å²) < 4.78 is 72.7. The summed E-state index contributed by atoms with van der Waals surface area (Å²) in [5, 5.41) is 0. The monoisotopic (exact) mass is 284 g/mol. The van der Waals surface area contributed by atoms with E-state index in [1.165, 1.54) is 0 Å². The number of benzene rings is 1. The molecule has 0 spiro atoms. The predicted octanol–water partition coefficient (Wildman–Crippen LogP) is 4.62. The lowest BCUT2D eigenvalue weighted by Gasteiger charge is -2.08. The summed E-state index contributed by atoms with van der Waals surface area (Å²) in [6.07, 6.45) is -10.9. The third kappa shape index (κ3) is 5.32. The van der Waals surface area contributed by atoms with Gasteiger partial charge in [-0.05, 0) is 18.6 Å². The van der Waals surface area contributed by atoms with Crippen molar-refractivity contribution in [2.24, 2.45) is 0 Å². The molecule has 1 aromatic rings. The van der Waals surface area contributed by atoms with Gasteiger partial charge < -0.3 is 0 Å². The van der Waals surface area contributed by atoms with E-state index in [0.717, 1.165) is 18.2 Å². The molecule has 0 fully saturated rings. The second kappa shape index (κ2) is 5.63. The van der Waals surface area contributed by atoms with Gasteiger partial charge in [0.25, 0.3) is 0 Å². The Labute approximate surface area is 105 Å². The molecule has 106 valence electrons. The van der Waals surface area contributed by atoms with Gasteiger partial charge in [-0.25, -0.2) is 0 Å². The van der Waals surface area contributed by atoms with Crippen LogP contribution in [0.25, 0.3) is 0 Å². The van der Waals surface area contributed by atoms with Gasteiger partial charge in [0.05, 0.1) is 5.56 Å². The molecule has 0 saturated carbocycles. The number of carbonyl (C=O) groups excluding carboxylic acids is 1. The molecule has 0 atom stereocenters. The summed E-state index contributed by atoms with van der Waals surface area (Å²) in [6.45, 7) is 0. The summed E-state index contributed by atoms with van der Waals surface area (Å²) in [7, 11) is 0. The highest BCUT2D eigenvalue weighted by molar-refractivity contribution is 5.96. The molecule has 1 aromatic carbocycles. The quantitative estimate of drug-likeness (QED) is 0.582. The van der Waals surface area contributed by atoms with Gasteiger partial charge in [-0.1, -0.05) is 12.1 Å². The standard InChI is InChI=1S/C12H10F6O/c13-11(14,15)6-2-5-10(19)8-3-1-4-9(7-8)12(16,17)18/h1,3-4,7H,2,5-6H2. The van der Waals surface area contributed by atoms with Gasteiger partial charge in [0.15, 0.2) is 5.78 Å². The lowest BCUT2D eigenvalue weighted by Crippen LogP contribution is -2.10. The van der Waals surface area contributed by atoms with Gasteiger partial charge in [-0.2, -0.15) is 26.3 Å². The first kappa shape index (κ1) is 15.5. The average Bonchev–Trinajstić information content (AvgIpc) is 2.26. The molecule has 0 heterocycles. The van der Waals surface area contributed by atoms with E-state index >= 15 is 0 Å². The summed E-state index contributed by atoms with van der Waals surface area (Å²) in [6, 6.07) is 3.66. The zero-order chi connectivity index (χ0) is 14.7. The first-order valence-corrected chi connectivity index (χ1v) is 5.37. The SMILES string of the molecule is O=C(CCCC(F)(F)F)c1cccc(C(F)(F)F)c1. The highest BCUT2D eigenvalue weighted by atomic mass is 19.4. The van der Waals surface area contributed by atoms with Crippen LogP contribution in [0.3, 0.4) is 0 Å². The number of hydrogen-bond acceptors (Lipinski definition) is 1. The number of carbonyl (C=O) groups is 1. The predicted molar refractivity (Wildman–Crippen MR) is 55.7 cm³/mol. The molecule has 0 aliphatic carbocycles. The normalized spacial score (nSPS) is 12.5. The molecule has 19 heavy (non-hydrogen) atoms. The topological polar surface area (TPSA) is 17.1 Å². The minimum Gasteiger partial charge on any atom is -0.294 e. The molecule has 0 aliphatic rings. The molecule has 1 nitrogen and oxygen atoms in total. The molecule has 0 saturated heterocycles. The number of halogens is 6. The van der Waals surface area contributed by atoms with Crippen LogP contribution in [0.4, 0.5) is 26.3 Å². The largest absolute Gasteiger partial charge is 0.416 e. The molecule has 1 rings (SSSR count). The number of hydrogen-bond donors (Lipinski definition) is 0. The second-order valence-electron chi connectivity index (χ2n) is 3.97. The van der Waals surface area contributed by atoms with Crippen molar-refractivity contribution in [3.63, 3.8) is 0 Å². The number of Topliss-reactive ketones (excluding diaryl/α,β-unsaturated/α-hetero) is 1. The van der Waals surface area contributed by atoms with Crippen molar-refractivity contribution in [2.75, 3.05) is 0 Å². The Morgan fingerprint density at radius 1 is 1.05 bits per heavy atom. The van der Waals surface area contributed by atoms with Crippen LogP contribution in [0, 0.1) is 0 Å². The number of rotatable bonds is 4. The second-order valence-corrected chi connectivity index (χ2v) is 3.97. The number of ketones is 1. The summed E-state index contributed by atoms with van der Waals surface area (Å²) in [4.78, 5) is 11.5. The Morgan fingerprint density at radius 3 is 2.21 bits per heavy atom. The molecule has 0 aromatic heterocycles. The third-order valence-corrected chi connectivity index (χ3v) is 2.38. The van der Waals surface area contributed by atoms with Crippen molar-refractivity contribution in [3.05, 3.63) is 35.4 Å². The van der Waals surface area contributed by atoms with Crippen molar-refractivity contribution in [2.45, 2.75) is 31.6 Å².